The Balaban J connectivity index is 0.00000406. The number of nitrogens with zero attached hydrogens (tertiary/aromatic N) is 2. The number of pyridine rings is 1. The van der Waals surface area contributed by atoms with Gasteiger partial charge in [0.05, 0.1) is 11.1 Å². The molecule has 1 N–H and O–H groups in total. The molecule has 8 rings (SSSR count). The summed E-state index contributed by atoms with van der Waals surface area (Å²) in [5.74, 6) is 0.498. The first kappa shape index (κ1) is 34.2. The van der Waals surface area contributed by atoms with Crippen LogP contribution in [0.15, 0.2) is 132 Å². The third-order valence-corrected chi connectivity index (χ3v) is 9.89. The van der Waals surface area contributed by atoms with E-state index < -0.39 is 0 Å². The van der Waals surface area contributed by atoms with E-state index in [1.165, 1.54) is 27.8 Å². The summed E-state index contributed by atoms with van der Waals surface area (Å²) < 4.78 is 6.24. The van der Waals surface area contributed by atoms with Crippen molar-refractivity contribution in [1.82, 2.24) is 9.97 Å². The number of phenols is 1. The summed E-state index contributed by atoms with van der Waals surface area (Å²) in [5.41, 5.74) is 14.8. The van der Waals surface area contributed by atoms with E-state index >= 15 is 0 Å². The van der Waals surface area contributed by atoms with E-state index in [0.717, 1.165) is 44.3 Å². The topological polar surface area (TPSA) is 59.2 Å². The Labute approximate surface area is 313 Å². The van der Waals surface area contributed by atoms with Crippen LogP contribution in [0.1, 0.15) is 41.7 Å². The molecule has 8 aromatic rings. The number of aromatic hydroxyl groups is 1. The van der Waals surface area contributed by atoms with E-state index in [-0.39, 0.29) is 32.2 Å². The quantitative estimate of drug-likeness (QED) is 0.169. The Morgan fingerprint density at radius 1 is 0.647 bits per heavy atom. The second-order valence-electron chi connectivity index (χ2n) is 13.7. The molecule has 51 heavy (non-hydrogen) atoms. The van der Waals surface area contributed by atoms with E-state index in [4.69, 9.17) is 14.4 Å². The molecule has 4 nitrogen and oxygen atoms in total. The van der Waals surface area contributed by atoms with E-state index in [0.29, 0.717) is 22.6 Å². The van der Waals surface area contributed by atoms with Crippen LogP contribution < -0.4 is 0 Å². The van der Waals surface area contributed by atoms with E-state index in [1.54, 1.807) is 12.1 Å². The van der Waals surface area contributed by atoms with Gasteiger partial charge in [0.1, 0.15) is 11.3 Å². The van der Waals surface area contributed by atoms with Crippen LogP contribution in [0.5, 0.6) is 5.75 Å². The van der Waals surface area contributed by atoms with E-state index in [1.807, 2.05) is 36.5 Å². The smallest absolute Gasteiger partial charge is 0.230 e. The van der Waals surface area contributed by atoms with Crippen LogP contribution in [0.3, 0.4) is 0 Å². The fraction of sp³-hybridized carbons (Fsp3) is 0.130. The van der Waals surface area contributed by atoms with Crippen molar-refractivity contribution in [2.24, 2.45) is 0 Å². The van der Waals surface area contributed by atoms with Gasteiger partial charge in [0.25, 0.3) is 0 Å². The number of phenolic OH excluding ortho intramolecular Hbond substituents is 1. The summed E-state index contributed by atoms with van der Waals surface area (Å²) in [5, 5.41) is 11.7. The molecule has 0 atom stereocenters. The van der Waals surface area contributed by atoms with Gasteiger partial charge in [0, 0.05) is 38.2 Å². The number of benzene rings is 6. The average molecular weight is 845 g/mol. The Morgan fingerprint density at radius 2 is 1.33 bits per heavy atom. The normalized spacial score (nSPS) is 11.5. The minimum Gasteiger partial charge on any atom is -0.507 e. The number of para-hydroxylation sites is 2. The molecule has 0 aliphatic carbocycles. The molecule has 0 radical (unpaired) electrons. The van der Waals surface area contributed by atoms with Crippen molar-refractivity contribution in [3.05, 3.63) is 161 Å². The molecule has 2 heterocycles. The molecule has 2 aromatic heterocycles. The fourth-order valence-corrected chi connectivity index (χ4v) is 7.36. The average Bonchev–Trinajstić information content (AvgIpc) is 3.56. The van der Waals surface area contributed by atoms with E-state index in [2.05, 4.69) is 120 Å². The number of hydrogen-bond donors (Lipinski definition) is 1. The molecule has 254 valence electrons. The Bertz CT molecular complexity index is 2550. The third-order valence-electron chi connectivity index (χ3n) is 9.89. The Hall–Kier alpha value is -5.31. The SMILES string of the molecule is Cc1cc(C)c(-c2cc(-c3[c-]c(-c4cccc5oc(-c6ccccc6O)nc45)cc(C(C)(C)c4ccccc4)c3)c3ncccc3c2)c(C)c1.[Pt]. The molecule has 0 amide bonds. The Kier molecular flexibility index (Phi) is 8.99. The molecule has 0 aliphatic heterocycles. The maximum atomic E-state index is 10.6. The Morgan fingerprint density at radius 3 is 2.08 bits per heavy atom. The van der Waals surface area contributed by atoms with E-state index in [9.17, 15) is 5.11 Å². The van der Waals surface area contributed by atoms with Crippen LogP contribution >= 0.6 is 0 Å². The number of aromatic nitrogens is 2. The van der Waals surface area contributed by atoms with Gasteiger partial charge in [-0.25, -0.2) is 4.98 Å². The molecule has 0 saturated carbocycles. The van der Waals surface area contributed by atoms with Crippen molar-refractivity contribution in [3.8, 4) is 50.6 Å². The molecule has 0 unspecified atom stereocenters. The summed E-state index contributed by atoms with van der Waals surface area (Å²) in [6.07, 6.45) is 1.86. The summed E-state index contributed by atoms with van der Waals surface area (Å²) in [6, 6.07) is 45.2. The largest absolute Gasteiger partial charge is 0.507 e. The van der Waals surface area contributed by atoms with Gasteiger partial charge in [-0.2, -0.15) is 0 Å². The van der Waals surface area contributed by atoms with Crippen LogP contribution in [-0.4, -0.2) is 15.1 Å². The minimum absolute atomic E-state index is 0. The summed E-state index contributed by atoms with van der Waals surface area (Å²) in [6.45, 7) is 11.1. The number of oxazole rings is 1. The van der Waals surface area contributed by atoms with Crippen molar-refractivity contribution in [3.63, 3.8) is 0 Å². The molecular formula is C46H37N2O2Pt-. The van der Waals surface area contributed by atoms with Crippen LogP contribution in [0.4, 0.5) is 0 Å². The second kappa shape index (κ2) is 13.4. The first-order chi connectivity index (χ1) is 24.2. The molecule has 0 aliphatic rings. The van der Waals surface area contributed by atoms with Gasteiger partial charge < -0.3 is 9.52 Å². The van der Waals surface area contributed by atoms with Gasteiger partial charge in [0.15, 0.2) is 0 Å². The summed E-state index contributed by atoms with van der Waals surface area (Å²) in [7, 11) is 0. The zero-order valence-electron chi connectivity index (χ0n) is 29.2. The molecule has 6 aromatic carbocycles. The monoisotopic (exact) mass is 844 g/mol. The van der Waals surface area contributed by atoms with Gasteiger partial charge in [-0.1, -0.05) is 109 Å². The number of rotatable bonds is 6. The van der Waals surface area contributed by atoms with Gasteiger partial charge in [0.2, 0.25) is 5.89 Å². The summed E-state index contributed by atoms with van der Waals surface area (Å²) in [4.78, 5) is 9.87. The standard InChI is InChI=1S/C46H37N2O2.Pt/c1-28-21-29(2)42(30(3)22-28)34-23-31-13-12-20-47-43(31)39(27-34)33-24-32(25-36(26-33)46(4,5)35-14-7-6-8-15-35)37-17-11-19-41-44(37)48-45(50-41)38-16-9-10-18-40(38)49;/h6-23,25-27,49H,1-5H3;/q-1;. The number of fused-ring (bicyclic) bond motifs is 2. The minimum atomic E-state index is -0.330. The third kappa shape index (κ3) is 6.19. The van der Waals surface area contributed by atoms with Crippen molar-refractivity contribution in [1.29, 1.82) is 0 Å². The van der Waals surface area contributed by atoms with Crippen LogP contribution in [0, 0.1) is 26.8 Å². The van der Waals surface area contributed by atoms with Crippen LogP contribution in [-0.2, 0) is 26.5 Å². The molecule has 0 bridgehead atoms. The van der Waals surface area contributed by atoms with Crippen molar-refractivity contribution < 1.29 is 30.6 Å². The predicted molar refractivity (Wildman–Crippen MR) is 204 cm³/mol. The van der Waals surface area contributed by atoms with Crippen LogP contribution in [0.2, 0.25) is 0 Å². The van der Waals surface area contributed by atoms with Gasteiger partial charge >= 0.3 is 0 Å². The van der Waals surface area contributed by atoms with Crippen molar-refractivity contribution in [2.45, 2.75) is 40.0 Å². The van der Waals surface area contributed by atoms with Gasteiger partial charge in [-0.15, -0.1) is 34.9 Å². The van der Waals surface area contributed by atoms with Gasteiger partial charge in [-0.3, -0.25) is 4.98 Å². The van der Waals surface area contributed by atoms with Crippen molar-refractivity contribution >= 4 is 22.0 Å². The molecule has 0 fully saturated rings. The zero-order chi connectivity index (χ0) is 34.6. The maximum absolute atomic E-state index is 10.6. The van der Waals surface area contributed by atoms with Crippen LogP contribution in [0.25, 0.3) is 66.8 Å². The first-order valence-corrected chi connectivity index (χ1v) is 17.0. The fourth-order valence-electron chi connectivity index (χ4n) is 7.36. The van der Waals surface area contributed by atoms with Crippen molar-refractivity contribution in [2.75, 3.05) is 0 Å². The molecule has 0 saturated heterocycles. The molecular weight excluding hydrogens is 808 g/mol. The zero-order valence-corrected chi connectivity index (χ0v) is 31.5. The predicted octanol–water partition coefficient (Wildman–Crippen LogP) is 11.8. The van der Waals surface area contributed by atoms with Gasteiger partial charge in [-0.05, 0) is 84.3 Å². The number of hydrogen-bond acceptors (Lipinski definition) is 4. The maximum Gasteiger partial charge on any atom is 0.230 e. The summed E-state index contributed by atoms with van der Waals surface area (Å²) >= 11 is 0. The number of aryl methyl sites for hydroxylation is 3. The second-order valence-corrected chi connectivity index (χ2v) is 13.7. The molecule has 0 spiro atoms. The first-order valence-electron chi connectivity index (χ1n) is 17.0. The molecule has 5 heteroatoms.